The molecule has 0 radical (unpaired) electrons. The van der Waals surface area contributed by atoms with E-state index >= 15 is 0 Å². The Labute approximate surface area is 246 Å². The second-order valence-electron chi connectivity index (χ2n) is 12.8. The first-order chi connectivity index (χ1) is 19.6. The first-order valence-electron chi connectivity index (χ1n) is 15.0. The largest absolute Gasteiger partial charge is 0.390 e. The molecule has 3 atom stereocenters. The minimum absolute atomic E-state index is 0.0751. The number of nitrogens with one attached hydrogen (secondary N) is 3. The Kier molecular flexibility index (Phi) is 10.6. The number of hydrogen-bond acceptors (Lipinski definition) is 6. The fourth-order valence-electron chi connectivity index (χ4n) is 5.47. The van der Waals surface area contributed by atoms with E-state index < -0.39 is 12.1 Å². The van der Waals surface area contributed by atoms with Gasteiger partial charge in [-0.15, -0.1) is 0 Å². The topological polar surface area (TPSA) is 91.9 Å². The van der Waals surface area contributed by atoms with Crippen molar-refractivity contribution < 1.29 is 19.4 Å². The van der Waals surface area contributed by atoms with E-state index in [1.807, 2.05) is 30.4 Å². The summed E-state index contributed by atoms with van der Waals surface area (Å²) in [5.74, 6) is 0.0717. The minimum Gasteiger partial charge on any atom is -0.390 e. The Morgan fingerprint density at radius 3 is 2.71 bits per heavy atom. The molecule has 2 aromatic carbocycles. The molecule has 2 aromatic rings. The van der Waals surface area contributed by atoms with Crippen molar-refractivity contribution in [1.82, 2.24) is 10.6 Å². The molecule has 0 unspecified atom stereocenters. The van der Waals surface area contributed by atoms with Crippen LogP contribution in [0.2, 0.25) is 0 Å². The number of aliphatic hydroxyl groups is 1. The summed E-state index contributed by atoms with van der Waals surface area (Å²) in [5.41, 5.74) is 4.85. The van der Waals surface area contributed by atoms with Crippen molar-refractivity contribution in [3.63, 3.8) is 0 Å². The van der Waals surface area contributed by atoms with E-state index in [1.165, 1.54) is 11.1 Å². The summed E-state index contributed by atoms with van der Waals surface area (Å²) in [6, 6.07) is 14.1. The normalized spacial score (nSPS) is 22.4. The molecule has 1 fully saturated rings. The predicted octanol–water partition coefficient (Wildman–Crippen LogP) is 5.28. The molecule has 41 heavy (non-hydrogen) atoms. The number of methoxy groups -OCH3 is 1. The van der Waals surface area contributed by atoms with Crippen molar-refractivity contribution in [3.8, 4) is 0 Å². The van der Waals surface area contributed by atoms with Gasteiger partial charge in [0.1, 0.15) is 0 Å². The fourth-order valence-corrected chi connectivity index (χ4v) is 5.47. The van der Waals surface area contributed by atoms with Crippen LogP contribution in [0.1, 0.15) is 80.4 Å². The molecule has 0 spiro atoms. The second kappa shape index (κ2) is 14.0. The lowest BCUT2D eigenvalue weighted by atomic mass is 9.85. The van der Waals surface area contributed by atoms with Gasteiger partial charge in [-0.05, 0) is 71.9 Å². The van der Waals surface area contributed by atoms with E-state index in [0.29, 0.717) is 44.9 Å². The molecule has 2 aliphatic rings. The van der Waals surface area contributed by atoms with Crippen molar-refractivity contribution >= 4 is 11.6 Å². The van der Waals surface area contributed by atoms with Crippen LogP contribution in [0.4, 0.5) is 5.69 Å². The summed E-state index contributed by atoms with van der Waals surface area (Å²) < 4.78 is 11.2. The van der Waals surface area contributed by atoms with Crippen molar-refractivity contribution in [2.45, 2.75) is 83.1 Å². The maximum Gasteiger partial charge on any atom is 0.251 e. The molecular formula is C34H49N3O4. The fraction of sp³-hybridized carbons (Fsp3) is 0.559. The molecule has 2 bridgehead atoms. The average molecular weight is 564 g/mol. The summed E-state index contributed by atoms with van der Waals surface area (Å²) in [4.78, 5) is 13.6. The molecule has 1 heterocycles. The average Bonchev–Trinajstić information content (AvgIpc) is 3.73. The number of carbonyl (C=O) groups excluding carboxylic acids is 1. The van der Waals surface area contributed by atoms with Crippen LogP contribution < -0.4 is 16.0 Å². The molecule has 7 heteroatoms. The first-order valence-corrected chi connectivity index (χ1v) is 15.0. The summed E-state index contributed by atoms with van der Waals surface area (Å²) in [6.45, 7) is 11.5. The Bertz CT molecular complexity index is 1180. The third-order valence-electron chi connectivity index (χ3n) is 8.24. The number of aliphatic hydroxyl groups excluding tert-OH is 1. The molecule has 7 nitrogen and oxygen atoms in total. The zero-order valence-corrected chi connectivity index (χ0v) is 25.5. The van der Waals surface area contributed by atoms with Gasteiger partial charge in [0, 0.05) is 43.6 Å². The van der Waals surface area contributed by atoms with Crippen LogP contribution >= 0.6 is 0 Å². The second-order valence-corrected chi connectivity index (χ2v) is 12.8. The van der Waals surface area contributed by atoms with Crippen LogP contribution in [-0.2, 0) is 27.0 Å². The summed E-state index contributed by atoms with van der Waals surface area (Å²) in [6.07, 6.45) is 6.89. The number of hydrogen-bond donors (Lipinski definition) is 4. The van der Waals surface area contributed by atoms with E-state index in [-0.39, 0.29) is 22.8 Å². The van der Waals surface area contributed by atoms with Gasteiger partial charge < -0.3 is 30.5 Å². The quantitative estimate of drug-likeness (QED) is 0.343. The summed E-state index contributed by atoms with van der Waals surface area (Å²) in [5, 5.41) is 21.7. The summed E-state index contributed by atoms with van der Waals surface area (Å²) >= 11 is 0. The van der Waals surface area contributed by atoms with E-state index in [1.54, 1.807) is 7.11 Å². The lowest BCUT2D eigenvalue weighted by Gasteiger charge is -2.29. The molecule has 0 aromatic heterocycles. The van der Waals surface area contributed by atoms with Crippen molar-refractivity contribution in [3.05, 3.63) is 76.9 Å². The molecule has 1 aliphatic carbocycles. The highest BCUT2D eigenvalue weighted by Crippen LogP contribution is 2.46. The highest BCUT2D eigenvalue weighted by molar-refractivity contribution is 5.95. The molecule has 4 rings (SSSR count). The standard InChI is InChI=1S/C34H49N3O4/c1-24-11-16-41-15-7-6-14-35-29-19-25(23-40-5)18-26(20-29)32(39)37-30(17-24)31(38)22-36-34(12-13-34)28-10-8-9-27(21-28)33(2,3)4/h6-10,18-21,24,30-31,35-36,38H,11-17,22-23H2,1-5H3,(H,37,39)/t24-,30+,31-/m1/s1. The zero-order valence-electron chi connectivity index (χ0n) is 25.5. The van der Waals surface area contributed by atoms with Crippen molar-refractivity contribution in [2.75, 3.05) is 38.7 Å². The van der Waals surface area contributed by atoms with Crippen LogP contribution in [0.25, 0.3) is 0 Å². The van der Waals surface area contributed by atoms with Gasteiger partial charge >= 0.3 is 0 Å². The van der Waals surface area contributed by atoms with Crippen LogP contribution in [0, 0.1) is 5.92 Å². The molecular weight excluding hydrogens is 514 g/mol. The number of carbonyl (C=O) groups is 1. The van der Waals surface area contributed by atoms with Gasteiger partial charge in [-0.2, -0.15) is 0 Å². The monoisotopic (exact) mass is 563 g/mol. The van der Waals surface area contributed by atoms with E-state index in [4.69, 9.17) is 9.47 Å². The molecule has 224 valence electrons. The Hall–Kier alpha value is -2.71. The third kappa shape index (κ3) is 8.89. The van der Waals surface area contributed by atoms with Crippen LogP contribution in [0.5, 0.6) is 0 Å². The number of fused-ring (bicyclic) bond motifs is 2. The highest BCUT2D eigenvalue weighted by atomic mass is 16.5. The number of benzene rings is 2. The van der Waals surface area contributed by atoms with Gasteiger partial charge in [0.2, 0.25) is 0 Å². The number of ether oxygens (including phenoxy) is 2. The molecule has 0 saturated heterocycles. The van der Waals surface area contributed by atoms with Gasteiger partial charge in [0.15, 0.2) is 0 Å². The lowest BCUT2D eigenvalue weighted by molar-refractivity contribution is 0.0764. The van der Waals surface area contributed by atoms with E-state index in [0.717, 1.165) is 30.5 Å². The number of anilines is 1. The van der Waals surface area contributed by atoms with Gasteiger partial charge in [0.05, 0.1) is 25.4 Å². The number of amides is 1. The Morgan fingerprint density at radius 1 is 1.17 bits per heavy atom. The van der Waals surface area contributed by atoms with Crippen molar-refractivity contribution in [2.24, 2.45) is 5.92 Å². The summed E-state index contributed by atoms with van der Waals surface area (Å²) in [7, 11) is 1.65. The maximum atomic E-state index is 13.6. The molecule has 1 aliphatic heterocycles. The highest BCUT2D eigenvalue weighted by Gasteiger charge is 2.44. The minimum atomic E-state index is -0.743. The Balaban J connectivity index is 1.51. The Morgan fingerprint density at radius 2 is 1.98 bits per heavy atom. The van der Waals surface area contributed by atoms with Crippen LogP contribution in [0.15, 0.2) is 54.6 Å². The first kappa shape index (κ1) is 31.2. The van der Waals surface area contributed by atoms with Gasteiger partial charge in [-0.1, -0.05) is 64.1 Å². The zero-order chi connectivity index (χ0) is 29.5. The third-order valence-corrected chi connectivity index (χ3v) is 8.24. The maximum absolute atomic E-state index is 13.6. The predicted molar refractivity (Wildman–Crippen MR) is 165 cm³/mol. The van der Waals surface area contributed by atoms with Crippen LogP contribution in [-0.4, -0.2) is 56.6 Å². The van der Waals surface area contributed by atoms with Gasteiger partial charge in [-0.3, -0.25) is 4.79 Å². The lowest BCUT2D eigenvalue weighted by Crippen LogP contribution is -2.49. The van der Waals surface area contributed by atoms with E-state index in [2.05, 4.69) is 67.9 Å². The molecule has 1 amide bonds. The molecule has 1 saturated carbocycles. The smallest absolute Gasteiger partial charge is 0.251 e. The van der Waals surface area contributed by atoms with Gasteiger partial charge in [0.25, 0.3) is 5.91 Å². The molecule has 4 N–H and O–H groups in total. The van der Waals surface area contributed by atoms with Crippen LogP contribution in [0.3, 0.4) is 0 Å². The SMILES string of the molecule is COCc1cc2cc(c1)C(=O)N[C@H]([C@H](O)CNC1(c3cccc(C(C)(C)C)c3)CC1)C[C@H](C)CCOCC=CCN2. The van der Waals surface area contributed by atoms with Gasteiger partial charge in [-0.25, -0.2) is 0 Å². The number of rotatable bonds is 7. The van der Waals surface area contributed by atoms with E-state index in [9.17, 15) is 9.90 Å². The van der Waals surface area contributed by atoms with Crippen molar-refractivity contribution in [1.29, 1.82) is 0 Å².